The zero-order valence-corrected chi connectivity index (χ0v) is 15.1. The fourth-order valence-electron chi connectivity index (χ4n) is 3.78. The molecule has 1 heterocycles. The highest BCUT2D eigenvalue weighted by Gasteiger charge is 2.37. The van der Waals surface area contributed by atoms with Crippen LogP contribution in [0.25, 0.3) is 0 Å². The third kappa shape index (κ3) is 2.91. The van der Waals surface area contributed by atoms with Gasteiger partial charge in [-0.3, -0.25) is 4.99 Å². The summed E-state index contributed by atoms with van der Waals surface area (Å²) >= 11 is 0. The normalized spacial score (nSPS) is 21.7. The molecule has 2 aromatic carbocycles. The first-order chi connectivity index (χ1) is 13.1. The molecule has 1 aliphatic heterocycles. The maximum absolute atomic E-state index is 11.8. The number of fused-ring (bicyclic) bond motifs is 2. The number of carboxylic acids is 1. The fraction of sp³-hybridized carbons (Fsp3) is 0.182. The molecule has 5 nitrogen and oxygen atoms in total. The number of nitrogens with one attached hydrogen (secondary N) is 1. The molecule has 5 heteroatoms. The number of carboxylic acid groups (broad SMARTS) is 1. The lowest BCUT2D eigenvalue weighted by molar-refractivity contribution is 0.0695. The molecule has 1 aliphatic carbocycles. The molecule has 0 radical (unpaired) electrons. The van der Waals surface area contributed by atoms with E-state index in [1.807, 2.05) is 49.5 Å². The van der Waals surface area contributed by atoms with Gasteiger partial charge in [0.15, 0.2) is 0 Å². The molecule has 0 aromatic heterocycles. The van der Waals surface area contributed by atoms with Crippen LogP contribution in [0.5, 0.6) is 5.75 Å². The van der Waals surface area contributed by atoms with E-state index in [1.165, 1.54) is 0 Å². The number of carbonyl (C=O) groups is 1. The molecule has 2 atom stereocenters. The highest BCUT2D eigenvalue weighted by Crippen LogP contribution is 2.48. The summed E-state index contributed by atoms with van der Waals surface area (Å²) in [5.41, 5.74) is 3.85. The van der Waals surface area contributed by atoms with Gasteiger partial charge in [-0.15, -0.1) is 0 Å². The molecule has 0 saturated heterocycles. The Labute approximate surface area is 157 Å². The van der Waals surface area contributed by atoms with Crippen molar-refractivity contribution in [3.8, 4) is 5.75 Å². The number of hydrogen-bond acceptors (Lipinski definition) is 4. The summed E-state index contributed by atoms with van der Waals surface area (Å²) in [7, 11) is 3.60. The van der Waals surface area contributed by atoms with Crippen molar-refractivity contribution < 1.29 is 14.6 Å². The quantitative estimate of drug-likeness (QED) is 0.865. The van der Waals surface area contributed by atoms with Gasteiger partial charge in [0, 0.05) is 49.3 Å². The van der Waals surface area contributed by atoms with Gasteiger partial charge >= 0.3 is 5.97 Å². The Morgan fingerprint density at radius 1 is 1.19 bits per heavy atom. The SMILES string of the molecule is C/N=C1\C=CC2C(=C1)Oc1cc(NC)ccc1C2c1ccccc1C(=O)O. The monoisotopic (exact) mass is 360 g/mol. The van der Waals surface area contributed by atoms with Gasteiger partial charge in [0.25, 0.3) is 0 Å². The van der Waals surface area contributed by atoms with Gasteiger partial charge in [-0.05, 0) is 23.8 Å². The predicted molar refractivity (Wildman–Crippen MR) is 106 cm³/mol. The smallest absolute Gasteiger partial charge is 0.335 e. The van der Waals surface area contributed by atoms with Crippen LogP contribution in [0, 0.1) is 5.92 Å². The van der Waals surface area contributed by atoms with Crippen LogP contribution in [0.3, 0.4) is 0 Å². The average Bonchev–Trinajstić information content (AvgIpc) is 2.71. The summed E-state index contributed by atoms with van der Waals surface area (Å²) in [5, 5.41) is 12.8. The van der Waals surface area contributed by atoms with Crippen molar-refractivity contribution in [2.45, 2.75) is 5.92 Å². The molecule has 0 fully saturated rings. The van der Waals surface area contributed by atoms with Crippen LogP contribution >= 0.6 is 0 Å². The first kappa shape index (κ1) is 17.1. The number of allylic oxidation sites excluding steroid dienone is 3. The van der Waals surface area contributed by atoms with Gasteiger partial charge < -0.3 is 15.2 Å². The Kier molecular flexibility index (Phi) is 4.28. The van der Waals surface area contributed by atoms with E-state index < -0.39 is 5.97 Å². The number of nitrogens with zero attached hydrogens (tertiary/aromatic N) is 1. The molecular formula is C22H20N2O3. The molecule has 0 spiro atoms. The molecule has 2 N–H and O–H groups in total. The number of ether oxygens (including phenoxy) is 1. The minimum Gasteiger partial charge on any atom is -0.478 e. The Balaban J connectivity index is 1.94. The Hall–Kier alpha value is -3.34. The van der Waals surface area contributed by atoms with Crippen molar-refractivity contribution in [3.05, 3.63) is 83.1 Å². The maximum atomic E-state index is 11.8. The van der Waals surface area contributed by atoms with Crippen molar-refractivity contribution in [1.29, 1.82) is 0 Å². The number of rotatable bonds is 3. The molecule has 2 aliphatic rings. The molecule has 136 valence electrons. The standard InChI is InChI=1S/C22H20N2O3/c1-23-13-7-9-17-19(11-13)27-20-12-14(24-2)8-10-18(20)21(17)15-5-3-4-6-16(15)22(25)26/h3-12,17,21,24H,1-2H3,(H,25,26)/b23-13+. The first-order valence-electron chi connectivity index (χ1n) is 8.80. The Bertz CT molecular complexity index is 1000. The fourth-order valence-corrected chi connectivity index (χ4v) is 3.78. The average molecular weight is 360 g/mol. The third-order valence-electron chi connectivity index (χ3n) is 5.10. The third-order valence-corrected chi connectivity index (χ3v) is 5.10. The molecule has 0 saturated carbocycles. The van der Waals surface area contributed by atoms with Crippen LogP contribution in [0.15, 0.2) is 71.4 Å². The lowest BCUT2D eigenvalue weighted by atomic mass is 9.74. The number of anilines is 1. The second kappa shape index (κ2) is 6.76. The minimum absolute atomic E-state index is 0.0797. The van der Waals surface area contributed by atoms with Crippen molar-refractivity contribution >= 4 is 17.4 Å². The van der Waals surface area contributed by atoms with Gasteiger partial charge in [-0.25, -0.2) is 4.79 Å². The maximum Gasteiger partial charge on any atom is 0.335 e. The molecule has 2 unspecified atom stereocenters. The van der Waals surface area contributed by atoms with Crippen LogP contribution < -0.4 is 10.1 Å². The van der Waals surface area contributed by atoms with E-state index in [2.05, 4.69) is 16.4 Å². The minimum atomic E-state index is -0.924. The summed E-state index contributed by atoms with van der Waals surface area (Å²) in [6.45, 7) is 0. The number of hydrogen-bond donors (Lipinski definition) is 2. The lowest BCUT2D eigenvalue weighted by Gasteiger charge is -2.36. The second-order valence-corrected chi connectivity index (χ2v) is 6.55. The lowest BCUT2D eigenvalue weighted by Crippen LogP contribution is -2.27. The van der Waals surface area contributed by atoms with E-state index >= 15 is 0 Å². The topological polar surface area (TPSA) is 70.9 Å². The van der Waals surface area contributed by atoms with Crippen molar-refractivity contribution in [2.75, 3.05) is 19.4 Å². The summed E-state index contributed by atoms with van der Waals surface area (Å²) in [6, 6.07) is 13.1. The van der Waals surface area contributed by atoms with Crippen molar-refractivity contribution in [1.82, 2.24) is 0 Å². The van der Waals surface area contributed by atoms with Gasteiger partial charge in [-0.1, -0.05) is 30.3 Å². The summed E-state index contributed by atoms with van der Waals surface area (Å²) in [5.74, 6) is 0.368. The second-order valence-electron chi connectivity index (χ2n) is 6.55. The van der Waals surface area contributed by atoms with Crippen LogP contribution in [-0.4, -0.2) is 30.9 Å². The Morgan fingerprint density at radius 2 is 2.00 bits per heavy atom. The number of aliphatic imine (C=N–C) groups is 1. The van der Waals surface area contributed by atoms with Crippen LogP contribution in [-0.2, 0) is 0 Å². The molecule has 0 bridgehead atoms. The summed E-state index contributed by atoms with van der Waals surface area (Å²) in [4.78, 5) is 16.1. The van der Waals surface area contributed by atoms with Crippen LogP contribution in [0.4, 0.5) is 5.69 Å². The first-order valence-corrected chi connectivity index (χ1v) is 8.80. The van der Waals surface area contributed by atoms with Gasteiger partial charge in [-0.2, -0.15) is 0 Å². The van der Waals surface area contributed by atoms with Gasteiger partial charge in [0.2, 0.25) is 0 Å². The Morgan fingerprint density at radius 3 is 2.74 bits per heavy atom. The largest absolute Gasteiger partial charge is 0.478 e. The molecular weight excluding hydrogens is 340 g/mol. The van der Waals surface area contributed by atoms with Crippen molar-refractivity contribution in [2.24, 2.45) is 10.9 Å². The predicted octanol–water partition coefficient (Wildman–Crippen LogP) is 4.09. The molecule has 27 heavy (non-hydrogen) atoms. The highest BCUT2D eigenvalue weighted by molar-refractivity contribution is 6.05. The summed E-state index contributed by atoms with van der Waals surface area (Å²) in [6.07, 6.45) is 5.94. The molecule has 0 amide bonds. The van der Waals surface area contributed by atoms with Gasteiger partial charge in [0.1, 0.15) is 11.5 Å². The highest BCUT2D eigenvalue weighted by atomic mass is 16.5. The van der Waals surface area contributed by atoms with Crippen molar-refractivity contribution in [3.63, 3.8) is 0 Å². The number of aromatic carboxylic acids is 1. The zero-order chi connectivity index (χ0) is 19.0. The zero-order valence-electron chi connectivity index (χ0n) is 15.1. The molecule has 4 rings (SSSR count). The van der Waals surface area contributed by atoms with Crippen LogP contribution in [0.2, 0.25) is 0 Å². The van der Waals surface area contributed by atoms with Gasteiger partial charge in [0.05, 0.1) is 11.3 Å². The van der Waals surface area contributed by atoms with E-state index in [-0.39, 0.29) is 11.8 Å². The van der Waals surface area contributed by atoms with E-state index in [1.54, 1.807) is 19.2 Å². The molecule has 2 aromatic rings. The van der Waals surface area contributed by atoms with E-state index in [0.29, 0.717) is 5.56 Å². The van der Waals surface area contributed by atoms with E-state index in [0.717, 1.165) is 34.0 Å². The summed E-state index contributed by atoms with van der Waals surface area (Å²) < 4.78 is 6.20. The number of benzene rings is 2. The van der Waals surface area contributed by atoms with E-state index in [4.69, 9.17) is 4.74 Å². The van der Waals surface area contributed by atoms with Crippen LogP contribution in [0.1, 0.15) is 27.4 Å². The van der Waals surface area contributed by atoms with E-state index in [9.17, 15) is 9.90 Å².